The molecular formula is C11H20OS. The van der Waals surface area contributed by atoms with E-state index in [-0.39, 0.29) is 4.75 Å². The predicted octanol–water partition coefficient (Wildman–Crippen LogP) is 3.13. The van der Waals surface area contributed by atoms with Crippen LogP contribution in [0.2, 0.25) is 0 Å². The third-order valence-corrected chi connectivity index (χ3v) is 4.59. The van der Waals surface area contributed by atoms with E-state index in [2.05, 4.69) is 27.0 Å². The molecule has 0 aromatic heterocycles. The van der Waals surface area contributed by atoms with Crippen molar-refractivity contribution in [3.8, 4) is 0 Å². The zero-order valence-corrected chi connectivity index (χ0v) is 9.91. The van der Waals surface area contributed by atoms with Crippen LogP contribution in [0.4, 0.5) is 0 Å². The van der Waals surface area contributed by atoms with Crippen molar-refractivity contribution in [2.75, 3.05) is 6.26 Å². The van der Waals surface area contributed by atoms with Gasteiger partial charge in [0, 0.05) is 17.1 Å². The van der Waals surface area contributed by atoms with Crippen LogP contribution in [0.3, 0.4) is 0 Å². The molecule has 1 aliphatic carbocycles. The highest BCUT2D eigenvalue weighted by Crippen LogP contribution is 2.39. The van der Waals surface area contributed by atoms with Crippen LogP contribution >= 0.6 is 11.8 Å². The van der Waals surface area contributed by atoms with Gasteiger partial charge >= 0.3 is 0 Å². The smallest absolute Gasteiger partial charge is 0.137 e. The second-order valence-corrected chi connectivity index (χ2v) is 6.17. The van der Waals surface area contributed by atoms with Gasteiger partial charge in [0.15, 0.2) is 0 Å². The fraction of sp³-hybridized carbons (Fsp3) is 0.909. The molecule has 0 spiro atoms. The Bertz CT molecular complexity index is 198. The minimum atomic E-state index is 0.136. The first-order chi connectivity index (χ1) is 5.97. The minimum absolute atomic E-state index is 0.136. The van der Waals surface area contributed by atoms with Gasteiger partial charge in [-0.3, -0.25) is 4.79 Å². The van der Waals surface area contributed by atoms with Gasteiger partial charge in [-0.2, -0.15) is 11.8 Å². The van der Waals surface area contributed by atoms with Gasteiger partial charge in [0.05, 0.1) is 0 Å². The number of carbonyl (C=O) groups excluding carboxylic acids is 1. The van der Waals surface area contributed by atoms with E-state index in [1.54, 1.807) is 0 Å². The summed E-state index contributed by atoms with van der Waals surface area (Å²) in [5.74, 6) is 1.39. The molecule has 0 aliphatic heterocycles. The lowest BCUT2D eigenvalue weighted by Crippen LogP contribution is -2.37. The number of carbonyl (C=O) groups is 1. The van der Waals surface area contributed by atoms with Crippen LogP contribution in [0.1, 0.15) is 40.0 Å². The van der Waals surface area contributed by atoms with E-state index < -0.39 is 0 Å². The zero-order valence-electron chi connectivity index (χ0n) is 9.09. The number of rotatable bonds is 2. The van der Waals surface area contributed by atoms with Crippen molar-refractivity contribution in [2.45, 2.75) is 44.8 Å². The molecule has 1 nitrogen and oxygen atoms in total. The molecule has 2 unspecified atom stereocenters. The number of hydrogen-bond donors (Lipinski definition) is 0. The normalized spacial score (nSPS) is 30.6. The number of ketones is 1. The molecule has 0 aromatic carbocycles. The van der Waals surface area contributed by atoms with Crippen molar-refractivity contribution in [1.82, 2.24) is 0 Å². The average molecular weight is 200 g/mol. The number of thioether (sulfide) groups is 1. The summed E-state index contributed by atoms with van der Waals surface area (Å²) in [7, 11) is 0. The molecule has 1 rings (SSSR count). The molecular weight excluding hydrogens is 180 g/mol. The van der Waals surface area contributed by atoms with Crippen LogP contribution < -0.4 is 0 Å². The van der Waals surface area contributed by atoms with Crippen LogP contribution in [-0.2, 0) is 4.79 Å². The molecule has 0 radical (unpaired) electrons. The van der Waals surface area contributed by atoms with E-state index in [1.807, 2.05) is 11.8 Å². The van der Waals surface area contributed by atoms with Crippen molar-refractivity contribution in [3.63, 3.8) is 0 Å². The summed E-state index contributed by atoms with van der Waals surface area (Å²) in [6.45, 7) is 6.56. The zero-order chi connectivity index (χ0) is 10.1. The largest absolute Gasteiger partial charge is 0.299 e. The fourth-order valence-electron chi connectivity index (χ4n) is 2.08. The van der Waals surface area contributed by atoms with Crippen molar-refractivity contribution in [3.05, 3.63) is 0 Å². The van der Waals surface area contributed by atoms with Crippen molar-refractivity contribution in [1.29, 1.82) is 0 Å². The fourth-order valence-corrected chi connectivity index (χ4v) is 2.61. The summed E-state index contributed by atoms with van der Waals surface area (Å²) < 4.78 is 0.136. The lowest BCUT2D eigenvalue weighted by molar-refractivity contribution is -0.126. The Morgan fingerprint density at radius 2 is 2.00 bits per heavy atom. The van der Waals surface area contributed by atoms with Gasteiger partial charge in [0.25, 0.3) is 0 Å². The van der Waals surface area contributed by atoms with Gasteiger partial charge in [-0.25, -0.2) is 0 Å². The molecule has 0 aromatic rings. The monoisotopic (exact) mass is 200 g/mol. The first-order valence-electron chi connectivity index (χ1n) is 5.05. The van der Waals surface area contributed by atoms with Crippen LogP contribution in [-0.4, -0.2) is 16.8 Å². The summed E-state index contributed by atoms with van der Waals surface area (Å²) in [6, 6.07) is 0. The van der Waals surface area contributed by atoms with Gasteiger partial charge in [-0.15, -0.1) is 0 Å². The first kappa shape index (κ1) is 11.1. The lowest BCUT2D eigenvalue weighted by Gasteiger charge is -2.36. The Kier molecular flexibility index (Phi) is 3.44. The van der Waals surface area contributed by atoms with E-state index in [4.69, 9.17) is 0 Å². The molecule has 0 amide bonds. The Labute approximate surface area is 85.7 Å². The highest BCUT2D eigenvalue weighted by Gasteiger charge is 2.37. The van der Waals surface area contributed by atoms with Gasteiger partial charge in [-0.1, -0.05) is 20.8 Å². The topological polar surface area (TPSA) is 17.1 Å². The summed E-state index contributed by atoms with van der Waals surface area (Å²) in [5.41, 5.74) is 0. The standard InChI is InChI=1S/C11H20OS/c1-8-5-6-9(10(12)7-8)11(2,3)13-4/h8-9H,5-7H2,1-4H3. The number of hydrogen-bond acceptors (Lipinski definition) is 2. The maximum atomic E-state index is 11.8. The third kappa shape index (κ3) is 2.49. The maximum absolute atomic E-state index is 11.8. The highest BCUT2D eigenvalue weighted by molar-refractivity contribution is 8.00. The molecule has 76 valence electrons. The summed E-state index contributed by atoms with van der Waals surface area (Å²) >= 11 is 1.82. The summed E-state index contributed by atoms with van der Waals surface area (Å²) in [5, 5.41) is 0. The van der Waals surface area contributed by atoms with E-state index in [0.29, 0.717) is 17.6 Å². The Balaban J connectivity index is 2.66. The molecule has 13 heavy (non-hydrogen) atoms. The second kappa shape index (κ2) is 4.04. The highest BCUT2D eigenvalue weighted by atomic mass is 32.2. The van der Waals surface area contributed by atoms with Gasteiger partial charge < -0.3 is 0 Å². The van der Waals surface area contributed by atoms with E-state index in [9.17, 15) is 4.79 Å². The average Bonchev–Trinajstić information content (AvgIpc) is 2.03. The molecule has 2 atom stereocenters. The third-order valence-electron chi connectivity index (χ3n) is 3.25. The predicted molar refractivity (Wildman–Crippen MR) is 59.1 cm³/mol. The molecule has 0 N–H and O–H groups in total. The maximum Gasteiger partial charge on any atom is 0.137 e. The van der Waals surface area contributed by atoms with Gasteiger partial charge in [0.2, 0.25) is 0 Å². The molecule has 0 bridgehead atoms. The quantitative estimate of drug-likeness (QED) is 0.681. The number of Topliss-reactive ketones (excluding diaryl/α,β-unsaturated/α-hetero) is 1. The van der Waals surface area contributed by atoms with Crippen LogP contribution in [0, 0.1) is 11.8 Å². The van der Waals surface area contributed by atoms with Crippen LogP contribution in [0.5, 0.6) is 0 Å². The van der Waals surface area contributed by atoms with Crippen LogP contribution in [0.25, 0.3) is 0 Å². The SMILES string of the molecule is CSC(C)(C)C1CCC(C)CC1=O. The Hall–Kier alpha value is 0.0200. The van der Waals surface area contributed by atoms with Gasteiger partial charge in [0.1, 0.15) is 5.78 Å². The molecule has 1 aliphatic rings. The molecule has 1 fully saturated rings. The second-order valence-electron chi connectivity index (χ2n) is 4.71. The minimum Gasteiger partial charge on any atom is -0.299 e. The van der Waals surface area contributed by atoms with Crippen molar-refractivity contribution in [2.24, 2.45) is 11.8 Å². The summed E-state index contributed by atoms with van der Waals surface area (Å²) in [6.07, 6.45) is 5.22. The van der Waals surface area contributed by atoms with Gasteiger partial charge in [-0.05, 0) is 25.0 Å². The molecule has 1 saturated carbocycles. The molecule has 0 saturated heterocycles. The lowest BCUT2D eigenvalue weighted by atomic mass is 9.76. The first-order valence-corrected chi connectivity index (χ1v) is 6.27. The Morgan fingerprint density at radius 1 is 1.38 bits per heavy atom. The van der Waals surface area contributed by atoms with Crippen molar-refractivity contribution < 1.29 is 4.79 Å². The van der Waals surface area contributed by atoms with E-state index >= 15 is 0 Å². The summed E-state index contributed by atoms with van der Waals surface area (Å²) in [4.78, 5) is 11.8. The Morgan fingerprint density at radius 3 is 2.46 bits per heavy atom. The van der Waals surface area contributed by atoms with Crippen LogP contribution in [0.15, 0.2) is 0 Å². The van der Waals surface area contributed by atoms with E-state index in [1.165, 1.54) is 6.42 Å². The van der Waals surface area contributed by atoms with Crippen molar-refractivity contribution >= 4 is 17.5 Å². The molecule has 0 heterocycles. The van der Waals surface area contributed by atoms with E-state index in [0.717, 1.165) is 12.8 Å². The molecule has 2 heteroatoms.